The molecule has 0 amide bonds. The minimum atomic E-state index is -0.553. The molecule has 0 spiro atoms. The first-order valence-corrected chi connectivity index (χ1v) is 7.06. The van der Waals surface area contributed by atoms with Gasteiger partial charge in [0.2, 0.25) is 0 Å². The Morgan fingerprint density at radius 2 is 1.57 bits per heavy atom. The summed E-state index contributed by atoms with van der Waals surface area (Å²) in [5, 5.41) is 0. The number of hydrogen-bond donors (Lipinski definition) is 0. The van der Waals surface area contributed by atoms with Crippen LogP contribution in [-0.4, -0.2) is 11.4 Å². The summed E-state index contributed by atoms with van der Waals surface area (Å²) >= 11 is 0. The van der Waals surface area contributed by atoms with Gasteiger partial charge in [-0.15, -0.1) is 0 Å². The summed E-state index contributed by atoms with van der Waals surface area (Å²) in [5.41, 5.74) is 1.67. The minimum Gasteiger partial charge on any atom is -0.292 e. The molecule has 0 bridgehead atoms. The summed E-state index contributed by atoms with van der Waals surface area (Å²) in [4.78, 5) is 2.18. The van der Waals surface area contributed by atoms with E-state index in [1.165, 1.54) is 24.3 Å². The molecule has 1 nitrogen and oxygen atoms in total. The Kier molecular flexibility index (Phi) is 3.97. The van der Waals surface area contributed by atoms with Crippen LogP contribution in [0.1, 0.15) is 30.0 Å². The van der Waals surface area contributed by atoms with E-state index in [4.69, 9.17) is 0 Å². The van der Waals surface area contributed by atoms with Gasteiger partial charge in [0, 0.05) is 18.7 Å². The van der Waals surface area contributed by atoms with Crippen molar-refractivity contribution < 1.29 is 13.2 Å². The molecule has 4 heteroatoms. The number of halogens is 3. The van der Waals surface area contributed by atoms with E-state index in [2.05, 4.69) is 4.90 Å². The Bertz CT molecular complexity index is 604. The van der Waals surface area contributed by atoms with Gasteiger partial charge < -0.3 is 0 Å². The predicted molar refractivity (Wildman–Crippen MR) is 75.1 cm³/mol. The minimum absolute atomic E-state index is 0.178. The van der Waals surface area contributed by atoms with E-state index in [1.807, 2.05) is 0 Å². The smallest absolute Gasteiger partial charge is 0.126 e. The van der Waals surface area contributed by atoms with Gasteiger partial charge in [-0.1, -0.05) is 12.1 Å². The Labute approximate surface area is 122 Å². The second kappa shape index (κ2) is 5.90. The second-order valence-electron chi connectivity index (χ2n) is 5.46. The fourth-order valence-corrected chi connectivity index (χ4v) is 3.01. The van der Waals surface area contributed by atoms with Crippen LogP contribution in [0.15, 0.2) is 42.5 Å². The highest BCUT2D eigenvalue weighted by atomic mass is 19.1. The van der Waals surface area contributed by atoms with Crippen molar-refractivity contribution in [3.05, 3.63) is 71.0 Å². The Balaban J connectivity index is 1.79. The highest BCUT2D eigenvalue weighted by Gasteiger charge is 2.26. The molecule has 1 aliphatic rings. The molecule has 0 N–H and O–H groups in total. The van der Waals surface area contributed by atoms with Crippen molar-refractivity contribution in [1.82, 2.24) is 4.90 Å². The van der Waals surface area contributed by atoms with E-state index in [0.717, 1.165) is 31.0 Å². The highest BCUT2D eigenvalue weighted by Crippen LogP contribution is 2.33. The zero-order valence-electron chi connectivity index (χ0n) is 11.5. The third kappa shape index (κ3) is 3.27. The zero-order valence-corrected chi connectivity index (χ0v) is 11.5. The first-order chi connectivity index (χ1) is 10.1. The third-order valence-electron chi connectivity index (χ3n) is 3.93. The fraction of sp³-hybridized carbons (Fsp3) is 0.294. The summed E-state index contributed by atoms with van der Waals surface area (Å²) in [7, 11) is 0. The van der Waals surface area contributed by atoms with Crippen LogP contribution in [0.25, 0.3) is 0 Å². The van der Waals surface area contributed by atoms with Gasteiger partial charge in [0.05, 0.1) is 0 Å². The van der Waals surface area contributed by atoms with Crippen LogP contribution >= 0.6 is 0 Å². The molecule has 1 atom stereocenters. The molecule has 110 valence electrons. The predicted octanol–water partition coefficient (Wildman–Crippen LogP) is 4.44. The molecule has 0 aromatic heterocycles. The van der Waals surface area contributed by atoms with Gasteiger partial charge in [-0.2, -0.15) is 0 Å². The van der Waals surface area contributed by atoms with Crippen LogP contribution in [0.4, 0.5) is 13.2 Å². The maximum absolute atomic E-state index is 13.3. The molecule has 2 aromatic rings. The topological polar surface area (TPSA) is 3.24 Å². The first kappa shape index (κ1) is 14.1. The average Bonchev–Trinajstić information content (AvgIpc) is 2.86. The van der Waals surface area contributed by atoms with Crippen molar-refractivity contribution in [3.63, 3.8) is 0 Å². The second-order valence-corrected chi connectivity index (χ2v) is 5.46. The van der Waals surface area contributed by atoms with Crippen LogP contribution in [0.3, 0.4) is 0 Å². The molecule has 0 saturated carbocycles. The van der Waals surface area contributed by atoms with E-state index in [0.29, 0.717) is 12.1 Å². The normalized spacial score (nSPS) is 19.1. The molecule has 2 aromatic carbocycles. The lowest BCUT2D eigenvalue weighted by Crippen LogP contribution is -2.22. The van der Waals surface area contributed by atoms with Crippen molar-refractivity contribution in [2.45, 2.75) is 25.4 Å². The van der Waals surface area contributed by atoms with E-state index in [1.54, 1.807) is 12.1 Å². The van der Waals surface area contributed by atoms with Gasteiger partial charge in [-0.05, 0) is 54.8 Å². The van der Waals surface area contributed by atoms with E-state index in [-0.39, 0.29) is 11.9 Å². The van der Waals surface area contributed by atoms with Crippen LogP contribution in [0.5, 0.6) is 0 Å². The highest BCUT2D eigenvalue weighted by molar-refractivity contribution is 5.23. The first-order valence-electron chi connectivity index (χ1n) is 7.06. The summed E-state index contributed by atoms with van der Waals surface area (Å²) in [6, 6.07) is 10.3. The van der Waals surface area contributed by atoms with Gasteiger partial charge in [0.25, 0.3) is 0 Å². The fourth-order valence-electron chi connectivity index (χ4n) is 3.01. The Morgan fingerprint density at radius 3 is 2.24 bits per heavy atom. The quantitative estimate of drug-likeness (QED) is 0.808. The van der Waals surface area contributed by atoms with Gasteiger partial charge in [0.15, 0.2) is 0 Å². The van der Waals surface area contributed by atoms with Crippen molar-refractivity contribution in [2.24, 2.45) is 0 Å². The number of rotatable bonds is 3. The molecule has 0 unspecified atom stereocenters. The Morgan fingerprint density at radius 1 is 0.905 bits per heavy atom. The van der Waals surface area contributed by atoms with Crippen LogP contribution in [0, 0.1) is 17.5 Å². The van der Waals surface area contributed by atoms with Gasteiger partial charge in [0.1, 0.15) is 17.5 Å². The number of likely N-dealkylation sites (tertiary alicyclic amines) is 1. The zero-order chi connectivity index (χ0) is 14.8. The van der Waals surface area contributed by atoms with Crippen LogP contribution < -0.4 is 0 Å². The van der Waals surface area contributed by atoms with Gasteiger partial charge in [-0.3, -0.25) is 4.90 Å². The number of hydrogen-bond acceptors (Lipinski definition) is 1. The lowest BCUT2D eigenvalue weighted by Gasteiger charge is -2.25. The summed E-state index contributed by atoms with van der Waals surface area (Å²) in [5.74, 6) is -1.36. The van der Waals surface area contributed by atoms with Crippen molar-refractivity contribution in [2.75, 3.05) is 6.54 Å². The Hall–Kier alpha value is -1.81. The van der Waals surface area contributed by atoms with Gasteiger partial charge >= 0.3 is 0 Å². The maximum atomic E-state index is 13.3. The number of nitrogens with zero attached hydrogens (tertiary/aromatic N) is 1. The SMILES string of the molecule is Fc1ccc([C@@H]2CCCN2Cc2cc(F)cc(F)c2)cc1. The summed E-state index contributed by atoms with van der Waals surface area (Å²) < 4.78 is 39.5. The van der Waals surface area contributed by atoms with E-state index >= 15 is 0 Å². The largest absolute Gasteiger partial charge is 0.292 e. The molecular weight excluding hydrogens is 275 g/mol. The molecule has 1 fully saturated rings. The molecule has 1 saturated heterocycles. The summed E-state index contributed by atoms with van der Waals surface area (Å²) in [6.45, 7) is 1.37. The molecule has 1 aliphatic heterocycles. The maximum Gasteiger partial charge on any atom is 0.126 e. The average molecular weight is 291 g/mol. The standard InChI is InChI=1S/C17H16F3N/c18-14-5-3-13(4-6-14)17-2-1-7-21(17)11-12-8-15(19)10-16(20)9-12/h3-6,8-10,17H,1-2,7,11H2/t17-/m0/s1. The molecule has 3 rings (SSSR count). The van der Waals surface area contributed by atoms with E-state index < -0.39 is 11.6 Å². The van der Waals surface area contributed by atoms with Crippen molar-refractivity contribution >= 4 is 0 Å². The van der Waals surface area contributed by atoms with E-state index in [9.17, 15) is 13.2 Å². The molecule has 0 aliphatic carbocycles. The van der Waals surface area contributed by atoms with Crippen molar-refractivity contribution in [1.29, 1.82) is 0 Å². The monoisotopic (exact) mass is 291 g/mol. The molecule has 0 radical (unpaired) electrons. The number of benzene rings is 2. The van der Waals surface area contributed by atoms with Gasteiger partial charge in [-0.25, -0.2) is 13.2 Å². The lowest BCUT2D eigenvalue weighted by molar-refractivity contribution is 0.247. The lowest BCUT2D eigenvalue weighted by atomic mass is 10.0. The summed E-state index contributed by atoms with van der Waals surface area (Å²) in [6.07, 6.45) is 2.00. The molecule has 21 heavy (non-hydrogen) atoms. The molecule has 1 heterocycles. The molecular formula is C17H16F3N. The van der Waals surface area contributed by atoms with Crippen LogP contribution in [0.2, 0.25) is 0 Å². The van der Waals surface area contributed by atoms with Crippen LogP contribution in [-0.2, 0) is 6.54 Å². The third-order valence-corrected chi connectivity index (χ3v) is 3.93. The van der Waals surface area contributed by atoms with Crippen molar-refractivity contribution in [3.8, 4) is 0 Å².